The number of rotatable bonds is 10. The maximum Gasteiger partial charge on any atom is 0.315 e. The summed E-state index contributed by atoms with van der Waals surface area (Å²) in [5.74, 6) is 0.490. The number of carbonyl (C=O) groups excluding carboxylic acids is 1. The van der Waals surface area contributed by atoms with Crippen molar-refractivity contribution in [2.45, 2.75) is 32.9 Å². The molecule has 0 aliphatic heterocycles. The molecule has 8 heteroatoms. The molecule has 0 saturated carbocycles. The molecule has 0 unspecified atom stereocenters. The molecule has 1 amide bonds. The van der Waals surface area contributed by atoms with Gasteiger partial charge in [0.15, 0.2) is 0 Å². The highest BCUT2D eigenvalue weighted by molar-refractivity contribution is 5.76. The van der Waals surface area contributed by atoms with E-state index in [0.29, 0.717) is 38.0 Å². The van der Waals surface area contributed by atoms with Crippen LogP contribution in [0.2, 0.25) is 0 Å². The van der Waals surface area contributed by atoms with Gasteiger partial charge in [0.05, 0.1) is 13.2 Å². The van der Waals surface area contributed by atoms with Crippen molar-refractivity contribution in [1.82, 2.24) is 20.8 Å². The molecule has 1 aromatic heterocycles. The zero-order valence-corrected chi connectivity index (χ0v) is 12.2. The molecule has 0 spiro atoms. The van der Waals surface area contributed by atoms with E-state index in [1.807, 2.05) is 13.8 Å². The van der Waals surface area contributed by atoms with Gasteiger partial charge in [0.2, 0.25) is 11.8 Å². The highest BCUT2D eigenvalue weighted by Crippen LogP contribution is 2.04. The van der Waals surface area contributed by atoms with Gasteiger partial charge in [-0.05, 0) is 13.8 Å². The standard InChI is InChI=1S/C12H23N5O3/c1-9(2)15-10(18)4-5-14-12-17-16-11(20-12)8-13-6-7-19-3/h9,13H,4-8H2,1-3H3,(H,14,17)(H,15,18). The Morgan fingerprint density at radius 1 is 1.35 bits per heavy atom. The summed E-state index contributed by atoms with van der Waals surface area (Å²) >= 11 is 0. The maximum atomic E-state index is 11.4. The van der Waals surface area contributed by atoms with E-state index in [0.717, 1.165) is 6.54 Å². The molecule has 0 radical (unpaired) electrons. The summed E-state index contributed by atoms with van der Waals surface area (Å²) in [5.41, 5.74) is 0. The zero-order chi connectivity index (χ0) is 14.8. The van der Waals surface area contributed by atoms with Crippen LogP contribution in [0.1, 0.15) is 26.2 Å². The molecule has 1 heterocycles. The number of amides is 1. The Labute approximate surface area is 118 Å². The van der Waals surface area contributed by atoms with Crippen molar-refractivity contribution >= 4 is 11.9 Å². The average molecular weight is 285 g/mol. The molecule has 1 aromatic rings. The number of nitrogens with one attached hydrogen (secondary N) is 3. The summed E-state index contributed by atoms with van der Waals surface area (Å²) in [6, 6.07) is 0.474. The maximum absolute atomic E-state index is 11.4. The Balaban J connectivity index is 2.18. The van der Waals surface area contributed by atoms with Gasteiger partial charge in [0, 0.05) is 32.7 Å². The van der Waals surface area contributed by atoms with E-state index in [2.05, 4.69) is 26.1 Å². The Kier molecular flexibility index (Phi) is 7.59. The topological polar surface area (TPSA) is 101 Å². The fourth-order valence-corrected chi connectivity index (χ4v) is 1.44. The fourth-order valence-electron chi connectivity index (χ4n) is 1.44. The molecule has 114 valence electrons. The zero-order valence-electron chi connectivity index (χ0n) is 12.2. The molecular weight excluding hydrogens is 262 g/mol. The molecule has 0 saturated heterocycles. The first kappa shape index (κ1) is 16.4. The number of carbonyl (C=O) groups is 1. The SMILES string of the molecule is COCCNCc1nnc(NCCC(=O)NC(C)C)o1. The van der Waals surface area contributed by atoms with Crippen LogP contribution in [0.4, 0.5) is 6.01 Å². The van der Waals surface area contributed by atoms with Crippen LogP contribution in [0.3, 0.4) is 0 Å². The number of nitrogens with zero attached hydrogens (tertiary/aromatic N) is 2. The molecule has 0 fully saturated rings. The minimum atomic E-state index is -0.00605. The summed E-state index contributed by atoms with van der Waals surface area (Å²) in [5, 5.41) is 16.5. The van der Waals surface area contributed by atoms with E-state index >= 15 is 0 Å². The van der Waals surface area contributed by atoms with Crippen LogP contribution in [0.15, 0.2) is 4.42 Å². The quantitative estimate of drug-likeness (QED) is 0.525. The Hall–Kier alpha value is -1.67. The van der Waals surface area contributed by atoms with Gasteiger partial charge >= 0.3 is 6.01 Å². The minimum Gasteiger partial charge on any atom is -0.407 e. The van der Waals surface area contributed by atoms with Crippen LogP contribution in [0.5, 0.6) is 0 Å². The first-order valence-electron chi connectivity index (χ1n) is 6.67. The molecule has 0 atom stereocenters. The van der Waals surface area contributed by atoms with Gasteiger partial charge in [0.1, 0.15) is 0 Å². The highest BCUT2D eigenvalue weighted by atomic mass is 16.5. The van der Waals surface area contributed by atoms with Crippen molar-refractivity contribution in [3.8, 4) is 0 Å². The minimum absolute atomic E-state index is 0.00605. The first-order valence-corrected chi connectivity index (χ1v) is 6.67. The number of methoxy groups -OCH3 is 1. The van der Waals surface area contributed by atoms with Crippen molar-refractivity contribution in [2.75, 3.05) is 32.1 Å². The van der Waals surface area contributed by atoms with Gasteiger partial charge in [-0.3, -0.25) is 4.79 Å². The number of aromatic nitrogens is 2. The van der Waals surface area contributed by atoms with Crippen molar-refractivity contribution < 1.29 is 13.9 Å². The summed E-state index contributed by atoms with van der Waals surface area (Å²) in [6.45, 7) is 6.14. The second kappa shape index (κ2) is 9.27. The second-order valence-corrected chi connectivity index (χ2v) is 4.57. The average Bonchev–Trinajstić information content (AvgIpc) is 2.82. The fraction of sp³-hybridized carbons (Fsp3) is 0.750. The lowest BCUT2D eigenvalue weighted by Crippen LogP contribution is -2.31. The molecule has 20 heavy (non-hydrogen) atoms. The molecule has 0 bridgehead atoms. The van der Waals surface area contributed by atoms with E-state index < -0.39 is 0 Å². The predicted octanol–water partition coefficient (Wildman–Crippen LogP) is 0.132. The van der Waals surface area contributed by atoms with E-state index in [1.54, 1.807) is 7.11 Å². The van der Waals surface area contributed by atoms with Gasteiger partial charge < -0.3 is 25.1 Å². The van der Waals surface area contributed by atoms with Crippen LogP contribution >= 0.6 is 0 Å². The molecule has 0 aliphatic rings. The van der Waals surface area contributed by atoms with Gasteiger partial charge in [-0.2, -0.15) is 0 Å². The summed E-state index contributed by atoms with van der Waals surface area (Å²) in [6.07, 6.45) is 0.363. The number of anilines is 1. The van der Waals surface area contributed by atoms with Crippen LogP contribution < -0.4 is 16.0 Å². The molecule has 1 rings (SSSR count). The van der Waals surface area contributed by atoms with Crippen molar-refractivity contribution in [1.29, 1.82) is 0 Å². The van der Waals surface area contributed by atoms with Gasteiger partial charge in [-0.25, -0.2) is 0 Å². The molecule has 0 aliphatic carbocycles. The van der Waals surface area contributed by atoms with Crippen molar-refractivity contribution in [2.24, 2.45) is 0 Å². The van der Waals surface area contributed by atoms with Gasteiger partial charge in [-0.1, -0.05) is 5.10 Å². The second-order valence-electron chi connectivity index (χ2n) is 4.57. The van der Waals surface area contributed by atoms with Crippen LogP contribution in [0, 0.1) is 0 Å². The van der Waals surface area contributed by atoms with Crippen LogP contribution in [-0.2, 0) is 16.1 Å². The largest absolute Gasteiger partial charge is 0.407 e. The van der Waals surface area contributed by atoms with Gasteiger partial charge in [0.25, 0.3) is 0 Å². The molecule has 3 N–H and O–H groups in total. The van der Waals surface area contributed by atoms with Crippen LogP contribution in [0.25, 0.3) is 0 Å². The number of hydrogen-bond donors (Lipinski definition) is 3. The monoisotopic (exact) mass is 285 g/mol. The summed E-state index contributed by atoms with van der Waals surface area (Å²) in [7, 11) is 1.64. The third-order valence-electron chi connectivity index (χ3n) is 2.30. The normalized spacial score (nSPS) is 10.8. The summed E-state index contributed by atoms with van der Waals surface area (Å²) < 4.78 is 10.3. The lowest BCUT2D eigenvalue weighted by Gasteiger charge is -2.07. The Morgan fingerprint density at radius 3 is 2.85 bits per heavy atom. The van der Waals surface area contributed by atoms with E-state index in [9.17, 15) is 4.79 Å². The third-order valence-corrected chi connectivity index (χ3v) is 2.30. The lowest BCUT2D eigenvalue weighted by atomic mass is 10.3. The third kappa shape index (κ3) is 7.05. The van der Waals surface area contributed by atoms with E-state index in [1.165, 1.54) is 0 Å². The number of ether oxygens (including phenoxy) is 1. The van der Waals surface area contributed by atoms with E-state index in [4.69, 9.17) is 9.15 Å². The van der Waals surface area contributed by atoms with Crippen molar-refractivity contribution in [3.05, 3.63) is 5.89 Å². The Bertz CT molecular complexity index is 394. The smallest absolute Gasteiger partial charge is 0.315 e. The molecular formula is C12H23N5O3. The predicted molar refractivity (Wildman–Crippen MR) is 74.3 cm³/mol. The number of hydrogen-bond acceptors (Lipinski definition) is 7. The lowest BCUT2D eigenvalue weighted by molar-refractivity contribution is -0.121. The van der Waals surface area contributed by atoms with Gasteiger partial charge in [-0.15, -0.1) is 5.10 Å². The van der Waals surface area contributed by atoms with Crippen LogP contribution in [-0.4, -0.2) is 49.0 Å². The van der Waals surface area contributed by atoms with E-state index in [-0.39, 0.29) is 11.9 Å². The highest BCUT2D eigenvalue weighted by Gasteiger charge is 2.07. The summed E-state index contributed by atoms with van der Waals surface area (Å²) in [4.78, 5) is 11.4. The first-order chi connectivity index (χ1) is 9.61. The molecule has 0 aromatic carbocycles. The molecule has 8 nitrogen and oxygen atoms in total. The Morgan fingerprint density at radius 2 is 2.15 bits per heavy atom. The van der Waals surface area contributed by atoms with Crippen molar-refractivity contribution in [3.63, 3.8) is 0 Å².